The fraction of sp³-hybridized carbons (Fsp3) is 0.217. The van der Waals surface area contributed by atoms with Crippen molar-refractivity contribution in [2.24, 2.45) is 0 Å². The van der Waals surface area contributed by atoms with Gasteiger partial charge in [-0.1, -0.05) is 56.8 Å². The number of rotatable bonds is 5. The molecule has 0 radical (unpaired) electrons. The van der Waals surface area contributed by atoms with Gasteiger partial charge < -0.3 is 9.64 Å². The normalized spacial score (nSPS) is 13.5. The van der Waals surface area contributed by atoms with Gasteiger partial charge in [-0.3, -0.25) is 0 Å². The minimum absolute atomic E-state index is 0.00111. The fourth-order valence-electron chi connectivity index (χ4n) is 3.00. The highest BCUT2D eigenvalue weighted by atomic mass is 19.3. The van der Waals surface area contributed by atoms with E-state index in [4.69, 9.17) is 4.74 Å². The van der Waals surface area contributed by atoms with Crippen molar-refractivity contribution in [3.05, 3.63) is 89.7 Å². The molecule has 1 aliphatic rings. The van der Waals surface area contributed by atoms with Gasteiger partial charge in [0.1, 0.15) is 17.4 Å². The van der Waals surface area contributed by atoms with Gasteiger partial charge in [0.05, 0.1) is 24.9 Å². The van der Waals surface area contributed by atoms with Gasteiger partial charge in [0.2, 0.25) is 0 Å². The molecule has 0 N–H and O–H groups in total. The first-order chi connectivity index (χ1) is 13.9. The van der Waals surface area contributed by atoms with Crippen LogP contribution in [-0.2, 0) is 0 Å². The SMILES string of the molecule is C=C1C=CC(c2ccccc2)=C(c2c(F)cc(OC)cc2F)N1CC(F)F.CC. The molecule has 0 atom stereocenters. The van der Waals surface area contributed by atoms with E-state index in [1.807, 2.05) is 13.8 Å². The van der Waals surface area contributed by atoms with E-state index in [2.05, 4.69) is 6.58 Å². The monoisotopic (exact) mass is 405 g/mol. The smallest absolute Gasteiger partial charge is 0.256 e. The van der Waals surface area contributed by atoms with Crippen molar-refractivity contribution in [2.75, 3.05) is 13.7 Å². The van der Waals surface area contributed by atoms with E-state index >= 15 is 0 Å². The average molecular weight is 405 g/mol. The van der Waals surface area contributed by atoms with E-state index in [1.54, 1.807) is 42.5 Å². The van der Waals surface area contributed by atoms with Crippen LogP contribution in [0.5, 0.6) is 5.75 Å². The predicted molar refractivity (Wildman–Crippen MR) is 109 cm³/mol. The minimum Gasteiger partial charge on any atom is -0.497 e. The summed E-state index contributed by atoms with van der Waals surface area (Å²) < 4.78 is 60.8. The molecule has 1 aliphatic heterocycles. The molecule has 0 amide bonds. The van der Waals surface area contributed by atoms with Crippen LogP contribution in [0.15, 0.2) is 66.9 Å². The Labute approximate surface area is 168 Å². The number of benzene rings is 2. The highest BCUT2D eigenvalue weighted by Gasteiger charge is 2.29. The summed E-state index contributed by atoms with van der Waals surface area (Å²) in [5.74, 6) is -1.81. The molecular formula is C23H23F4NO. The third kappa shape index (κ3) is 4.88. The lowest BCUT2D eigenvalue weighted by Gasteiger charge is -2.33. The van der Waals surface area contributed by atoms with Gasteiger partial charge in [0, 0.05) is 23.4 Å². The zero-order valence-electron chi connectivity index (χ0n) is 16.6. The Balaban J connectivity index is 0.00000145. The maximum absolute atomic E-state index is 14.8. The Kier molecular flexibility index (Phi) is 7.65. The van der Waals surface area contributed by atoms with E-state index in [0.717, 1.165) is 17.0 Å². The molecular weight excluding hydrogens is 382 g/mol. The van der Waals surface area contributed by atoms with Crippen LogP contribution in [0.25, 0.3) is 11.3 Å². The molecule has 0 fully saturated rings. The topological polar surface area (TPSA) is 12.5 Å². The molecule has 2 nitrogen and oxygen atoms in total. The van der Waals surface area contributed by atoms with Crippen LogP contribution in [0.3, 0.4) is 0 Å². The van der Waals surface area contributed by atoms with E-state index in [1.165, 1.54) is 7.11 Å². The van der Waals surface area contributed by atoms with Crippen molar-refractivity contribution < 1.29 is 22.3 Å². The lowest BCUT2D eigenvalue weighted by Crippen LogP contribution is -2.29. The Morgan fingerprint density at radius 1 is 1.00 bits per heavy atom. The first-order valence-corrected chi connectivity index (χ1v) is 9.18. The van der Waals surface area contributed by atoms with Crippen molar-refractivity contribution >= 4 is 11.3 Å². The third-order valence-corrected chi connectivity index (χ3v) is 4.21. The summed E-state index contributed by atoms with van der Waals surface area (Å²) in [6, 6.07) is 10.8. The molecule has 0 bridgehead atoms. The van der Waals surface area contributed by atoms with Crippen molar-refractivity contribution in [1.29, 1.82) is 0 Å². The molecule has 0 unspecified atom stereocenters. The molecule has 6 heteroatoms. The molecule has 0 spiro atoms. The Morgan fingerprint density at radius 3 is 2.10 bits per heavy atom. The van der Waals surface area contributed by atoms with Crippen molar-refractivity contribution in [1.82, 2.24) is 4.90 Å². The Morgan fingerprint density at radius 2 is 1.59 bits per heavy atom. The van der Waals surface area contributed by atoms with Gasteiger partial charge in [-0.2, -0.15) is 0 Å². The lowest BCUT2D eigenvalue weighted by atomic mass is 9.94. The molecule has 0 aliphatic carbocycles. The second kappa shape index (κ2) is 9.96. The van der Waals surface area contributed by atoms with Gasteiger partial charge >= 0.3 is 0 Å². The highest BCUT2D eigenvalue weighted by molar-refractivity contribution is 5.97. The average Bonchev–Trinajstić information content (AvgIpc) is 2.71. The Bertz CT molecular complexity index is 897. The largest absolute Gasteiger partial charge is 0.497 e. The van der Waals surface area contributed by atoms with Crippen molar-refractivity contribution in [3.63, 3.8) is 0 Å². The van der Waals surface area contributed by atoms with Crippen molar-refractivity contribution in [2.45, 2.75) is 20.3 Å². The van der Waals surface area contributed by atoms with Crippen LogP contribution < -0.4 is 4.74 Å². The van der Waals surface area contributed by atoms with Crippen LogP contribution in [0, 0.1) is 11.6 Å². The summed E-state index contributed by atoms with van der Waals surface area (Å²) in [6.45, 7) is 7.01. The first kappa shape index (κ1) is 22.3. The van der Waals surface area contributed by atoms with Gasteiger partial charge in [0.25, 0.3) is 6.43 Å². The van der Waals surface area contributed by atoms with Crippen LogP contribution in [0.1, 0.15) is 25.0 Å². The minimum atomic E-state index is -2.72. The second-order valence-electron chi connectivity index (χ2n) is 5.92. The van der Waals surface area contributed by atoms with E-state index < -0.39 is 30.2 Å². The number of alkyl halides is 2. The highest BCUT2D eigenvalue weighted by Crippen LogP contribution is 2.39. The standard InChI is InChI=1S/C21H17F4NO.C2H6/c1-13-8-9-16(14-6-4-3-5-7-14)21(26(13)12-19(24)25)20-17(22)10-15(27-2)11-18(20)23;1-2/h3-11,19H,1,12H2,2H3;1-2H3. The summed E-state index contributed by atoms with van der Waals surface area (Å²) >= 11 is 0. The van der Waals surface area contributed by atoms with Gasteiger partial charge in [-0.05, 0) is 11.6 Å². The summed E-state index contributed by atoms with van der Waals surface area (Å²) in [5.41, 5.74) is 0.892. The predicted octanol–water partition coefficient (Wildman–Crippen LogP) is 6.52. The van der Waals surface area contributed by atoms with Gasteiger partial charge in [-0.25, -0.2) is 17.6 Å². The maximum Gasteiger partial charge on any atom is 0.256 e. The van der Waals surface area contributed by atoms with E-state index in [0.29, 0.717) is 11.1 Å². The molecule has 29 heavy (non-hydrogen) atoms. The molecule has 0 aromatic heterocycles. The summed E-state index contributed by atoms with van der Waals surface area (Å²) in [5, 5.41) is 0. The summed E-state index contributed by atoms with van der Waals surface area (Å²) in [7, 11) is 1.29. The Hall–Kier alpha value is -3.02. The summed E-state index contributed by atoms with van der Waals surface area (Å²) in [6.07, 6.45) is 0.454. The van der Waals surface area contributed by atoms with E-state index in [9.17, 15) is 17.6 Å². The van der Waals surface area contributed by atoms with Gasteiger partial charge in [0.15, 0.2) is 0 Å². The van der Waals surface area contributed by atoms with Crippen LogP contribution >= 0.6 is 0 Å². The molecule has 1 heterocycles. The number of ether oxygens (including phenoxy) is 1. The molecule has 3 rings (SSSR count). The number of halogens is 4. The molecule has 2 aromatic carbocycles. The molecule has 0 saturated heterocycles. The number of nitrogens with zero attached hydrogens (tertiary/aromatic N) is 1. The number of hydrogen-bond acceptors (Lipinski definition) is 2. The number of hydrogen-bond donors (Lipinski definition) is 0. The van der Waals surface area contributed by atoms with Crippen molar-refractivity contribution in [3.8, 4) is 5.75 Å². The third-order valence-electron chi connectivity index (χ3n) is 4.21. The summed E-state index contributed by atoms with van der Waals surface area (Å²) in [4.78, 5) is 1.14. The van der Waals surface area contributed by atoms with Crippen LogP contribution in [-0.4, -0.2) is 25.0 Å². The van der Waals surface area contributed by atoms with E-state index in [-0.39, 0.29) is 17.1 Å². The second-order valence-corrected chi connectivity index (χ2v) is 5.92. The zero-order valence-corrected chi connectivity index (χ0v) is 16.6. The lowest BCUT2D eigenvalue weighted by molar-refractivity contribution is 0.123. The van der Waals surface area contributed by atoms with Crippen LogP contribution in [0.4, 0.5) is 17.6 Å². The zero-order chi connectivity index (χ0) is 21.6. The molecule has 2 aromatic rings. The number of methoxy groups -OCH3 is 1. The molecule has 154 valence electrons. The quantitative estimate of drug-likeness (QED) is 0.525. The number of allylic oxidation sites excluding steroid dienone is 3. The fourth-order valence-corrected chi connectivity index (χ4v) is 3.00. The maximum atomic E-state index is 14.8. The first-order valence-electron chi connectivity index (χ1n) is 9.18. The van der Waals surface area contributed by atoms with Gasteiger partial charge in [-0.15, -0.1) is 0 Å². The van der Waals surface area contributed by atoms with Crippen LogP contribution in [0.2, 0.25) is 0 Å². The molecule has 0 saturated carbocycles.